The van der Waals surface area contributed by atoms with Crippen LogP contribution in [0, 0.1) is 0 Å². The summed E-state index contributed by atoms with van der Waals surface area (Å²) >= 11 is 0. The van der Waals surface area contributed by atoms with Crippen molar-refractivity contribution in [2.45, 2.75) is 40.2 Å². The molecule has 4 nitrogen and oxygen atoms in total. The predicted molar refractivity (Wildman–Crippen MR) is 61.0 cm³/mol. The molecule has 90 valence electrons. The maximum Gasteiger partial charge on any atom is 0.349 e. The summed E-state index contributed by atoms with van der Waals surface area (Å²) in [6, 6.07) is 0. The van der Waals surface area contributed by atoms with E-state index < -0.39 is 18.0 Å². The van der Waals surface area contributed by atoms with Crippen molar-refractivity contribution in [1.82, 2.24) is 0 Å². The number of ether oxygens (including phenoxy) is 1. The minimum absolute atomic E-state index is 0.122. The summed E-state index contributed by atoms with van der Waals surface area (Å²) in [6.07, 6.45) is 2.13. The lowest BCUT2D eigenvalue weighted by molar-refractivity contribution is -0.160. The van der Waals surface area contributed by atoms with Crippen LogP contribution in [0.4, 0.5) is 0 Å². The van der Waals surface area contributed by atoms with Crippen molar-refractivity contribution in [2.24, 2.45) is 0 Å². The van der Waals surface area contributed by atoms with Gasteiger partial charge in [0, 0.05) is 0 Å². The highest BCUT2D eigenvalue weighted by Gasteiger charge is 2.19. The van der Waals surface area contributed by atoms with E-state index >= 15 is 0 Å². The zero-order chi connectivity index (χ0) is 12.7. The summed E-state index contributed by atoms with van der Waals surface area (Å²) < 4.78 is 4.84. The average molecular weight is 226 g/mol. The maximum atomic E-state index is 11.4. The van der Waals surface area contributed by atoms with Gasteiger partial charge in [0.05, 0.1) is 6.42 Å². The van der Waals surface area contributed by atoms with E-state index in [-0.39, 0.29) is 6.42 Å². The molecule has 0 aliphatic rings. The van der Waals surface area contributed by atoms with Gasteiger partial charge in [0.15, 0.2) is 0 Å². The molecule has 1 unspecified atom stereocenters. The molecule has 0 aliphatic carbocycles. The third-order valence-electron chi connectivity index (χ3n) is 1.90. The van der Waals surface area contributed by atoms with Crippen molar-refractivity contribution in [1.29, 1.82) is 0 Å². The maximum absolute atomic E-state index is 11.4. The number of allylic oxidation sites excluding steroid dienone is 2. The lowest BCUT2D eigenvalue weighted by Gasteiger charge is -2.10. The van der Waals surface area contributed by atoms with Gasteiger partial charge < -0.3 is 9.84 Å². The molecule has 0 radical (unpaired) electrons. The lowest BCUT2D eigenvalue weighted by Crippen LogP contribution is -2.25. The second-order valence-corrected chi connectivity index (χ2v) is 3.80. The number of rotatable bonds is 5. The van der Waals surface area contributed by atoms with E-state index in [1.807, 2.05) is 6.92 Å². The fourth-order valence-electron chi connectivity index (χ4n) is 0.971. The largest absolute Gasteiger partial charge is 0.478 e. The summed E-state index contributed by atoms with van der Waals surface area (Å²) in [4.78, 5) is 22.1. The molecule has 16 heavy (non-hydrogen) atoms. The number of aliphatic carboxylic acids is 1. The van der Waals surface area contributed by atoms with Crippen molar-refractivity contribution < 1.29 is 19.4 Å². The van der Waals surface area contributed by atoms with Crippen LogP contribution in [0.15, 0.2) is 23.3 Å². The number of carboxylic acids is 1. The van der Waals surface area contributed by atoms with Gasteiger partial charge in [-0.3, -0.25) is 4.79 Å². The number of carbonyl (C=O) groups excluding carboxylic acids is 1. The molecule has 0 amide bonds. The first kappa shape index (κ1) is 14.4. The van der Waals surface area contributed by atoms with Gasteiger partial charge in [-0.1, -0.05) is 17.2 Å². The van der Waals surface area contributed by atoms with Gasteiger partial charge in [-0.25, -0.2) is 4.79 Å². The van der Waals surface area contributed by atoms with Crippen LogP contribution in [0.3, 0.4) is 0 Å². The minimum Gasteiger partial charge on any atom is -0.478 e. The number of carboxylic acid groups (broad SMARTS) is 1. The summed E-state index contributed by atoms with van der Waals surface area (Å²) in [5, 5.41) is 8.83. The molecule has 1 atom stereocenters. The zero-order valence-corrected chi connectivity index (χ0v) is 10.1. The smallest absolute Gasteiger partial charge is 0.349 e. The number of hydrogen-bond acceptors (Lipinski definition) is 3. The highest BCUT2D eigenvalue weighted by molar-refractivity contribution is 5.80. The monoisotopic (exact) mass is 226 g/mol. The van der Waals surface area contributed by atoms with E-state index in [1.54, 1.807) is 26.8 Å². The highest BCUT2D eigenvalue weighted by Crippen LogP contribution is 2.06. The first-order valence-electron chi connectivity index (χ1n) is 5.06. The Morgan fingerprint density at radius 2 is 1.88 bits per heavy atom. The Labute approximate surface area is 95.6 Å². The normalized spacial score (nSPS) is 12.9. The number of carbonyl (C=O) groups is 2. The third kappa shape index (κ3) is 6.01. The van der Waals surface area contributed by atoms with Crippen LogP contribution in [0.5, 0.6) is 0 Å². The molecular weight excluding hydrogens is 208 g/mol. The molecule has 0 saturated carbocycles. The predicted octanol–water partition coefficient (Wildman–Crippen LogP) is 2.31. The first-order chi connectivity index (χ1) is 7.36. The third-order valence-corrected chi connectivity index (χ3v) is 1.90. The number of esters is 1. The molecule has 0 fully saturated rings. The molecule has 4 heteroatoms. The van der Waals surface area contributed by atoms with Crippen molar-refractivity contribution in [3.63, 3.8) is 0 Å². The molecule has 1 N–H and O–H groups in total. The number of hydrogen-bond donors (Lipinski definition) is 1. The fraction of sp³-hybridized carbons (Fsp3) is 0.500. The molecule has 0 aromatic heterocycles. The minimum atomic E-state index is -1.19. The van der Waals surface area contributed by atoms with E-state index in [2.05, 4.69) is 0 Å². The van der Waals surface area contributed by atoms with Crippen LogP contribution in [-0.4, -0.2) is 23.1 Å². The van der Waals surface area contributed by atoms with Gasteiger partial charge in [0.1, 0.15) is 0 Å². The topological polar surface area (TPSA) is 63.6 Å². The van der Waals surface area contributed by atoms with Crippen molar-refractivity contribution in [2.75, 3.05) is 0 Å². The Morgan fingerprint density at radius 3 is 2.25 bits per heavy atom. The zero-order valence-electron chi connectivity index (χ0n) is 10.1. The lowest BCUT2D eigenvalue weighted by atomic mass is 10.2. The second-order valence-electron chi connectivity index (χ2n) is 3.80. The van der Waals surface area contributed by atoms with Gasteiger partial charge >= 0.3 is 11.9 Å². The molecule has 0 aromatic carbocycles. The highest BCUT2D eigenvalue weighted by atomic mass is 16.6. The van der Waals surface area contributed by atoms with Crippen LogP contribution in [0.1, 0.15) is 34.1 Å². The molecule has 0 aromatic rings. The summed E-state index contributed by atoms with van der Waals surface area (Å²) in [5.41, 5.74) is 1.65. The van der Waals surface area contributed by atoms with E-state index in [9.17, 15) is 9.59 Å². The van der Waals surface area contributed by atoms with Crippen LogP contribution in [0.2, 0.25) is 0 Å². The second kappa shape index (κ2) is 6.82. The van der Waals surface area contributed by atoms with Crippen LogP contribution in [0.25, 0.3) is 0 Å². The van der Waals surface area contributed by atoms with Gasteiger partial charge in [-0.2, -0.15) is 0 Å². The molecule has 0 aliphatic heterocycles. The average Bonchev–Trinajstić information content (AvgIpc) is 2.15. The fourth-order valence-corrected chi connectivity index (χ4v) is 0.971. The summed E-state index contributed by atoms with van der Waals surface area (Å²) in [5.74, 6) is -1.69. The Morgan fingerprint density at radius 1 is 1.31 bits per heavy atom. The van der Waals surface area contributed by atoms with Gasteiger partial charge in [-0.15, -0.1) is 0 Å². The van der Waals surface area contributed by atoms with Crippen molar-refractivity contribution >= 4 is 11.9 Å². The Bertz CT molecular complexity index is 322. The van der Waals surface area contributed by atoms with Crippen LogP contribution < -0.4 is 0 Å². The molecule has 0 spiro atoms. The van der Waals surface area contributed by atoms with E-state index in [0.29, 0.717) is 0 Å². The Hall–Kier alpha value is -1.58. The first-order valence-corrected chi connectivity index (χ1v) is 5.06. The summed E-state index contributed by atoms with van der Waals surface area (Å²) in [6.45, 7) is 7.10. The van der Waals surface area contributed by atoms with E-state index in [0.717, 1.165) is 11.1 Å². The van der Waals surface area contributed by atoms with Crippen LogP contribution in [-0.2, 0) is 14.3 Å². The van der Waals surface area contributed by atoms with Gasteiger partial charge in [0.2, 0.25) is 6.10 Å². The van der Waals surface area contributed by atoms with E-state index in [1.165, 1.54) is 6.08 Å². The Kier molecular flexibility index (Phi) is 6.15. The molecule has 0 rings (SSSR count). The summed E-state index contributed by atoms with van der Waals surface area (Å²) in [7, 11) is 0. The van der Waals surface area contributed by atoms with Crippen molar-refractivity contribution in [3.05, 3.63) is 23.3 Å². The molecule has 0 saturated heterocycles. The molecule has 0 bridgehead atoms. The van der Waals surface area contributed by atoms with Crippen molar-refractivity contribution in [3.8, 4) is 0 Å². The molecular formula is C12H18O4. The van der Waals surface area contributed by atoms with Crippen LogP contribution >= 0.6 is 0 Å². The van der Waals surface area contributed by atoms with Gasteiger partial charge in [-0.05, 0) is 33.8 Å². The standard InChI is InChI=1S/C12H18O4/c1-5-9(4)7-11(13)16-10(12(14)15)6-8(2)3/h5-6,10H,7H2,1-4H3,(H,14,15). The van der Waals surface area contributed by atoms with Gasteiger partial charge in [0.25, 0.3) is 0 Å². The van der Waals surface area contributed by atoms with E-state index in [4.69, 9.17) is 9.84 Å². The quantitative estimate of drug-likeness (QED) is 0.577. The molecule has 0 heterocycles. The Balaban J connectivity index is 4.48. The SMILES string of the molecule is CC=C(C)CC(=O)OC(C=C(C)C)C(=O)O.